The third-order valence-corrected chi connectivity index (χ3v) is 3.61. The van der Waals surface area contributed by atoms with Crippen LogP contribution in [-0.4, -0.2) is 28.8 Å². The van der Waals surface area contributed by atoms with Crippen molar-refractivity contribution in [3.05, 3.63) is 48.2 Å². The summed E-state index contributed by atoms with van der Waals surface area (Å²) < 4.78 is 0. The standard InChI is InChI=1S/C15H13BrN4O2/c16-7-9-18-15(22)20-12-6-2-1-4-10(12)14(21)19-11-5-3-8-17-13(11)20/h1-6,8H,7,9H2,(H,18,22)(H,19,21). The van der Waals surface area contributed by atoms with E-state index in [2.05, 4.69) is 31.5 Å². The molecule has 3 rings (SSSR count). The molecule has 2 N–H and O–H groups in total. The molecule has 1 aliphatic rings. The van der Waals surface area contributed by atoms with Crippen LogP contribution in [0.1, 0.15) is 10.4 Å². The molecule has 3 amide bonds. The van der Waals surface area contributed by atoms with Crippen molar-refractivity contribution in [3.63, 3.8) is 0 Å². The number of alkyl halides is 1. The second-order valence-electron chi connectivity index (χ2n) is 4.60. The van der Waals surface area contributed by atoms with Crippen LogP contribution in [0.15, 0.2) is 42.6 Å². The molecule has 6 nitrogen and oxygen atoms in total. The van der Waals surface area contributed by atoms with E-state index in [9.17, 15) is 9.59 Å². The van der Waals surface area contributed by atoms with E-state index in [4.69, 9.17) is 0 Å². The number of para-hydroxylation sites is 1. The van der Waals surface area contributed by atoms with Crippen LogP contribution in [0.2, 0.25) is 0 Å². The van der Waals surface area contributed by atoms with Gasteiger partial charge in [0.1, 0.15) is 0 Å². The predicted octanol–water partition coefficient (Wildman–Crippen LogP) is 2.89. The Morgan fingerprint density at radius 3 is 2.91 bits per heavy atom. The summed E-state index contributed by atoms with van der Waals surface area (Å²) in [6.07, 6.45) is 1.59. The monoisotopic (exact) mass is 360 g/mol. The van der Waals surface area contributed by atoms with Crippen molar-refractivity contribution in [2.75, 3.05) is 22.1 Å². The SMILES string of the molecule is O=C1Nc2cccnc2N(C(=O)NCCBr)c2ccccc21. The van der Waals surface area contributed by atoms with Crippen LogP contribution in [-0.2, 0) is 0 Å². The number of carbonyl (C=O) groups excluding carboxylic acids is 2. The zero-order valence-electron chi connectivity index (χ0n) is 11.5. The van der Waals surface area contributed by atoms with Crippen molar-refractivity contribution >= 4 is 45.1 Å². The molecular weight excluding hydrogens is 348 g/mol. The van der Waals surface area contributed by atoms with E-state index < -0.39 is 0 Å². The van der Waals surface area contributed by atoms with Crippen molar-refractivity contribution < 1.29 is 9.59 Å². The molecule has 2 aromatic rings. The second kappa shape index (κ2) is 6.15. The molecule has 0 atom stereocenters. The highest BCUT2D eigenvalue weighted by molar-refractivity contribution is 9.09. The Hall–Kier alpha value is -2.41. The number of halogens is 1. The Balaban J connectivity index is 2.15. The van der Waals surface area contributed by atoms with E-state index in [0.29, 0.717) is 34.6 Å². The lowest BCUT2D eigenvalue weighted by Gasteiger charge is -2.22. The van der Waals surface area contributed by atoms with E-state index in [0.717, 1.165) is 0 Å². The highest BCUT2D eigenvalue weighted by Crippen LogP contribution is 2.35. The molecule has 7 heteroatoms. The van der Waals surface area contributed by atoms with E-state index in [1.165, 1.54) is 4.90 Å². The van der Waals surface area contributed by atoms with Crippen LogP contribution in [0.3, 0.4) is 0 Å². The predicted molar refractivity (Wildman–Crippen MR) is 88.0 cm³/mol. The number of fused-ring (bicyclic) bond motifs is 2. The molecule has 22 heavy (non-hydrogen) atoms. The van der Waals surface area contributed by atoms with Gasteiger partial charge in [0.25, 0.3) is 5.91 Å². The Bertz CT molecular complexity index is 735. The summed E-state index contributed by atoms with van der Waals surface area (Å²) >= 11 is 3.28. The summed E-state index contributed by atoms with van der Waals surface area (Å²) in [4.78, 5) is 30.6. The lowest BCUT2D eigenvalue weighted by Crippen LogP contribution is -2.38. The Morgan fingerprint density at radius 2 is 2.09 bits per heavy atom. The van der Waals surface area contributed by atoms with Crippen molar-refractivity contribution in [3.8, 4) is 0 Å². The molecule has 1 aromatic heterocycles. The molecular formula is C15H13BrN4O2. The first-order chi connectivity index (χ1) is 10.7. The first-order valence-electron chi connectivity index (χ1n) is 6.71. The summed E-state index contributed by atoms with van der Waals surface area (Å²) in [5.41, 5.74) is 1.43. The number of benzene rings is 1. The highest BCUT2D eigenvalue weighted by Gasteiger charge is 2.29. The average Bonchev–Trinajstić information content (AvgIpc) is 2.67. The number of anilines is 3. The van der Waals surface area contributed by atoms with Gasteiger partial charge in [-0.2, -0.15) is 0 Å². The zero-order valence-corrected chi connectivity index (χ0v) is 13.1. The Morgan fingerprint density at radius 1 is 1.27 bits per heavy atom. The molecule has 0 unspecified atom stereocenters. The van der Waals surface area contributed by atoms with E-state index >= 15 is 0 Å². The molecule has 0 bridgehead atoms. The number of aromatic nitrogens is 1. The van der Waals surface area contributed by atoms with Gasteiger partial charge >= 0.3 is 6.03 Å². The average molecular weight is 361 g/mol. The summed E-state index contributed by atoms with van der Waals surface area (Å²) in [5, 5.41) is 6.21. The lowest BCUT2D eigenvalue weighted by molar-refractivity contribution is 0.102. The fourth-order valence-electron chi connectivity index (χ4n) is 2.28. The summed E-state index contributed by atoms with van der Waals surface area (Å²) in [6, 6.07) is 10.1. The number of nitrogens with one attached hydrogen (secondary N) is 2. The zero-order chi connectivity index (χ0) is 15.5. The topological polar surface area (TPSA) is 74.3 Å². The van der Waals surface area contributed by atoms with Gasteiger partial charge in [0.05, 0.1) is 16.9 Å². The van der Waals surface area contributed by atoms with E-state index in [-0.39, 0.29) is 11.9 Å². The van der Waals surface area contributed by atoms with Crippen LogP contribution < -0.4 is 15.5 Å². The minimum absolute atomic E-state index is 0.263. The number of hydrogen-bond acceptors (Lipinski definition) is 3. The van der Waals surface area contributed by atoms with Crippen molar-refractivity contribution in [1.29, 1.82) is 0 Å². The Kier molecular flexibility index (Phi) is 4.06. The maximum Gasteiger partial charge on any atom is 0.327 e. The van der Waals surface area contributed by atoms with Crippen LogP contribution in [0.5, 0.6) is 0 Å². The van der Waals surface area contributed by atoms with Gasteiger partial charge in [-0.1, -0.05) is 28.1 Å². The quantitative estimate of drug-likeness (QED) is 0.808. The first-order valence-corrected chi connectivity index (χ1v) is 7.84. The Labute approximate surface area is 135 Å². The highest BCUT2D eigenvalue weighted by atomic mass is 79.9. The van der Waals surface area contributed by atoms with Crippen molar-refractivity contribution in [1.82, 2.24) is 10.3 Å². The smallest absolute Gasteiger partial charge is 0.327 e. The number of rotatable bonds is 2. The number of carbonyl (C=O) groups is 2. The molecule has 1 aliphatic heterocycles. The van der Waals surface area contributed by atoms with Crippen LogP contribution in [0.25, 0.3) is 0 Å². The molecule has 0 fully saturated rings. The number of pyridine rings is 1. The lowest BCUT2D eigenvalue weighted by atomic mass is 10.1. The molecule has 2 heterocycles. The minimum Gasteiger partial charge on any atom is -0.337 e. The van der Waals surface area contributed by atoms with Crippen molar-refractivity contribution in [2.45, 2.75) is 0 Å². The summed E-state index contributed by atoms with van der Waals surface area (Å²) in [5.74, 6) is 0.133. The van der Waals surface area contributed by atoms with Gasteiger partial charge in [0, 0.05) is 18.1 Å². The van der Waals surface area contributed by atoms with Gasteiger partial charge in [-0.25, -0.2) is 14.7 Å². The maximum absolute atomic E-state index is 12.6. The molecule has 0 spiro atoms. The number of urea groups is 1. The van der Waals surface area contributed by atoms with Crippen molar-refractivity contribution in [2.24, 2.45) is 0 Å². The second-order valence-corrected chi connectivity index (χ2v) is 5.40. The van der Waals surface area contributed by atoms with Crippen LogP contribution in [0.4, 0.5) is 22.0 Å². The van der Waals surface area contributed by atoms with E-state index in [1.807, 2.05) is 0 Å². The maximum atomic E-state index is 12.6. The van der Waals surface area contributed by atoms with Gasteiger partial charge < -0.3 is 10.6 Å². The molecule has 0 radical (unpaired) electrons. The third-order valence-electron chi connectivity index (χ3n) is 3.21. The largest absolute Gasteiger partial charge is 0.337 e. The fraction of sp³-hybridized carbons (Fsp3) is 0.133. The molecule has 0 saturated heterocycles. The molecule has 0 saturated carbocycles. The first kappa shape index (κ1) is 14.5. The summed E-state index contributed by atoms with van der Waals surface area (Å²) in [6.45, 7) is 0.473. The number of hydrogen-bond donors (Lipinski definition) is 2. The molecule has 112 valence electrons. The van der Waals surface area contributed by atoms with Gasteiger partial charge in [0.15, 0.2) is 5.82 Å². The van der Waals surface area contributed by atoms with Gasteiger partial charge in [0.2, 0.25) is 0 Å². The van der Waals surface area contributed by atoms with Gasteiger partial charge in [-0.15, -0.1) is 0 Å². The van der Waals surface area contributed by atoms with Crippen LogP contribution >= 0.6 is 15.9 Å². The summed E-state index contributed by atoms with van der Waals surface area (Å²) in [7, 11) is 0. The number of amides is 3. The van der Waals surface area contributed by atoms with E-state index in [1.54, 1.807) is 42.6 Å². The minimum atomic E-state index is -0.330. The van der Waals surface area contributed by atoms with Crippen LogP contribution in [0, 0.1) is 0 Å². The molecule has 1 aromatic carbocycles. The van der Waals surface area contributed by atoms with Gasteiger partial charge in [-0.05, 0) is 24.3 Å². The molecule has 0 aliphatic carbocycles. The normalized spacial score (nSPS) is 12.8. The van der Waals surface area contributed by atoms with Gasteiger partial charge in [-0.3, -0.25) is 4.79 Å². The third kappa shape index (κ3) is 2.55. The number of nitrogens with zero attached hydrogens (tertiary/aromatic N) is 2. The fourth-order valence-corrected chi connectivity index (χ4v) is 2.47.